The Hall–Kier alpha value is -0.130. The van der Waals surface area contributed by atoms with Crippen molar-refractivity contribution in [1.82, 2.24) is 9.62 Å². The van der Waals surface area contributed by atoms with Crippen LogP contribution in [0.4, 0.5) is 0 Å². The molecule has 4 nitrogen and oxygen atoms in total. The summed E-state index contributed by atoms with van der Waals surface area (Å²) in [5, 5.41) is 3.31. The second-order valence-electron chi connectivity index (χ2n) is 4.99. The molecule has 1 N–H and O–H groups in total. The lowest BCUT2D eigenvalue weighted by Crippen LogP contribution is -2.49. The Labute approximate surface area is 92.1 Å². The fourth-order valence-corrected chi connectivity index (χ4v) is 4.92. The third-order valence-electron chi connectivity index (χ3n) is 3.45. The zero-order valence-electron chi connectivity index (χ0n) is 9.44. The van der Waals surface area contributed by atoms with Crippen LogP contribution < -0.4 is 5.32 Å². The fraction of sp³-hybridized carbons (Fsp3) is 1.00. The largest absolute Gasteiger partial charge is 0.316 e. The van der Waals surface area contributed by atoms with E-state index in [9.17, 15) is 8.42 Å². The maximum atomic E-state index is 11.9. The summed E-state index contributed by atoms with van der Waals surface area (Å²) in [6.45, 7) is 6.75. The minimum Gasteiger partial charge on any atom is -0.316 e. The molecule has 0 saturated carbocycles. The molecule has 3 unspecified atom stereocenters. The number of nitrogens with zero attached hydrogens (tertiary/aromatic N) is 1. The molecule has 0 spiro atoms. The van der Waals surface area contributed by atoms with Gasteiger partial charge in [-0.25, -0.2) is 8.42 Å². The maximum Gasteiger partial charge on any atom is 0.214 e. The Bertz CT molecular complexity index is 328. The molecule has 0 aromatic rings. The lowest BCUT2D eigenvalue weighted by atomic mass is 9.95. The van der Waals surface area contributed by atoms with Gasteiger partial charge in [0.25, 0.3) is 0 Å². The summed E-state index contributed by atoms with van der Waals surface area (Å²) in [7, 11) is -2.96. The first-order chi connectivity index (χ1) is 7.00. The van der Waals surface area contributed by atoms with Crippen LogP contribution in [0.15, 0.2) is 0 Å². The van der Waals surface area contributed by atoms with Crippen molar-refractivity contribution in [2.45, 2.75) is 26.3 Å². The molecule has 15 heavy (non-hydrogen) atoms. The van der Waals surface area contributed by atoms with Gasteiger partial charge in [0.1, 0.15) is 0 Å². The summed E-state index contributed by atoms with van der Waals surface area (Å²) in [5.41, 5.74) is 0. The second-order valence-corrected chi connectivity index (χ2v) is 6.96. The zero-order valence-corrected chi connectivity index (χ0v) is 10.3. The average Bonchev–Trinajstić information content (AvgIpc) is 2.40. The van der Waals surface area contributed by atoms with Crippen LogP contribution in [0.3, 0.4) is 0 Å². The summed E-state index contributed by atoms with van der Waals surface area (Å²) in [6, 6.07) is 0.223. The standard InChI is InChI=1S/C10H20N2O2S/c1-8-6-12(15(13,14)7-8)10-3-4-11-5-9(10)2/h8-11H,3-7H2,1-2H3. The summed E-state index contributed by atoms with van der Waals surface area (Å²) in [4.78, 5) is 0. The maximum absolute atomic E-state index is 11.9. The van der Waals surface area contributed by atoms with Gasteiger partial charge < -0.3 is 5.32 Å². The van der Waals surface area contributed by atoms with E-state index in [-0.39, 0.29) is 12.0 Å². The molecule has 2 saturated heterocycles. The predicted octanol–water partition coefficient (Wildman–Crippen LogP) is 0.266. The highest BCUT2D eigenvalue weighted by Gasteiger charge is 2.40. The second kappa shape index (κ2) is 4.03. The van der Waals surface area contributed by atoms with Gasteiger partial charge in [-0.3, -0.25) is 0 Å². The van der Waals surface area contributed by atoms with Crippen LogP contribution in [0.5, 0.6) is 0 Å². The van der Waals surface area contributed by atoms with E-state index in [1.165, 1.54) is 0 Å². The Morgan fingerprint density at radius 2 is 2.07 bits per heavy atom. The van der Waals surface area contributed by atoms with Crippen LogP contribution >= 0.6 is 0 Å². The molecule has 0 amide bonds. The molecule has 2 heterocycles. The van der Waals surface area contributed by atoms with Gasteiger partial charge in [-0.05, 0) is 31.3 Å². The Kier molecular flexibility index (Phi) is 3.05. The predicted molar refractivity (Wildman–Crippen MR) is 60.1 cm³/mol. The minimum absolute atomic E-state index is 0.223. The van der Waals surface area contributed by atoms with E-state index in [1.807, 2.05) is 6.92 Å². The van der Waals surface area contributed by atoms with E-state index in [0.29, 0.717) is 11.7 Å². The Morgan fingerprint density at radius 3 is 2.60 bits per heavy atom. The van der Waals surface area contributed by atoms with Gasteiger partial charge in [-0.2, -0.15) is 4.31 Å². The molecule has 0 radical (unpaired) electrons. The Balaban J connectivity index is 2.15. The molecule has 2 aliphatic rings. The van der Waals surface area contributed by atoms with E-state index in [2.05, 4.69) is 12.2 Å². The number of hydrogen-bond donors (Lipinski definition) is 1. The SMILES string of the molecule is CC1CN(C2CCNCC2C)S(=O)(=O)C1. The van der Waals surface area contributed by atoms with Gasteiger partial charge in [0, 0.05) is 12.6 Å². The Morgan fingerprint density at radius 1 is 1.33 bits per heavy atom. The number of rotatable bonds is 1. The molecule has 88 valence electrons. The van der Waals surface area contributed by atoms with Crippen molar-refractivity contribution < 1.29 is 8.42 Å². The van der Waals surface area contributed by atoms with Crippen molar-refractivity contribution in [3.8, 4) is 0 Å². The van der Waals surface area contributed by atoms with Gasteiger partial charge in [0.2, 0.25) is 10.0 Å². The van der Waals surface area contributed by atoms with Gasteiger partial charge in [0.15, 0.2) is 0 Å². The summed E-state index contributed by atoms with van der Waals surface area (Å²) < 4.78 is 25.6. The lowest BCUT2D eigenvalue weighted by molar-refractivity contribution is 0.203. The summed E-state index contributed by atoms with van der Waals surface area (Å²) in [6.07, 6.45) is 0.952. The lowest BCUT2D eigenvalue weighted by Gasteiger charge is -2.35. The normalized spacial score (nSPS) is 41.9. The van der Waals surface area contributed by atoms with Crippen molar-refractivity contribution in [3.05, 3.63) is 0 Å². The van der Waals surface area contributed by atoms with Gasteiger partial charge in [-0.1, -0.05) is 13.8 Å². The monoisotopic (exact) mass is 232 g/mol. The molecule has 0 aromatic carbocycles. The van der Waals surface area contributed by atoms with Crippen LogP contribution in [-0.2, 0) is 10.0 Å². The third-order valence-corrected chi connectivity index (χ3v) is 5.58. The first-order valence-corrected chi connectivity index (χ1v) is 7.32. The summed E-state index contributed by atoms with van der Waals surface area (Å²) >= 11 is 0. The number of piperidine rings is 1. The summed E-state index contributed by atoms with van der Waals surface area (Å²) in [5.74, 6) is 1.06. The van der Waals surface area contributed by atoms with E-state index >= 15 is 0 Å². The highest BCUT2D eigenvalue weighted by Crippen LogP contribution is 2.27. The van der Waals surface area contributed by atoms with Crippen LogP contribution in [0.1, 0.15) is 20.3 Å². The van der Waals surface area contributed by atoms with Crippen LogP contribution in [-0.4, -0.2) is 44.2 Å². The van der Waals surface area contributed by atoms with E-state index < -0.39 is 10.0 Å². The fourth-order valence-electron chi connectivity index (χ4n) is 2.70. The number of hydrogen-bond acceptors (Lipinski definition) is 3. The molecule has 3 atom stereocenters. The van der Waals surface area contributed by atoms with E-state index in [0.717, 1.165) is 26.1 Å². The molecule has 2 rings (SSSR count). The molecular weight excluding hydrogens is 212 g/mol. The van der Waals surface area contributed by atoms with Gasteiger partial charge in [-0.15, -0.1) is 0 Å². The van der Waals surface area contributed by atoms with Crippen molar-refractivity contribution in [1.29, 1.82) is 0 Å². The first-order valence-electron chi connectivity index (χ1n) is 5.71. The van der Waals surface area contributed by atoms with Crippen LogP contribution in [0.25, 0.3) is 0 Å². The van der Waals surface area contributed by atoms with Crippen LogP contribution in [0, 0.1) is 11.8 Å². The van der Waals surface area contributed by atoms with Crippen molar-refractivity contribution >= 4 is 10.0 Å². The molecule has 2 aliphatic heterocycles. The first kappa shape index (κ1) is 11.4. The molecule has 2 fully saturated rings. The van der Waals surface area contributed by atoms with E-state index in [1.54, 1.807) is 4.31 Å². The van der Waals surface area contributed by atoms with Crippen LogP contribution in [0.2, 0.25) is 0 Å². The number of sulfonamides is 1. The quantitative estimate of drug-likeness (QED) is 0.706. The highest BCUT2D eigenvalue weighted by molar-refractivity contribution is 7.89. The van der Waals surface area contributed by atoms with Gasteiger partial charge in [0.05, 0.1) is 5.75 Å². The topological polar surface area (TPSA) is 49.4 Å². The zero-order chi connectivity index (χ0) is 11.1. The number of nitrogens with one attached hydrogen (secondary N) is 1. The average molecular weight is 232 g/mol. The van der Waals surface area contributed by atoms with Gasteiger partial charge >= 0.3 is 0 Å². The molecule has 5 heteroatoms. The molecule has 0 aromatic heterocycles. The molecule has 0 bridgehead atoms. The van der Waals surface area contributed by atoms with Crippen molar-refractivity contribution in [2.75, 3.05) is 25.4 Å². The molecular formula is C10H20N2O2S. The minimum atomic E-state index is -2.96. The van der Waals surface area contributed by atoms with E-state index in [4.69, 9.17) is 0 Å². The van der Waals surface area contributed by atoms with Crippen molar-refractivity contribution in [3.63, 3.8) is 0 Å². The smallest absolute Gasteiger partial charge is 0.214 e. The van der Waals surface area contributed by atoms with Crippen molar-refractivity contribution in [2.24, 2.45) is 11.8 Å². The highest BCUT2D eigenvalue weighted by atomic mass is 32.2. The molecule has 0 aliphatic carbocycles. The third kappa shape index (κ3) is 2.19.